The van der Waals surface area contributed by atoms with Gasteiger partial charge in [0.2, 0.25) is 0 Å². The molecule has 1 aliphatic heterocycles. The summed E-state index contributed by atoms with van der Waals surface area (Å²) in [5.41, 5.74) is 1.49. The molecule has 3 aromatic rings. The maximum Gasteiger partial charge on any atom is 0.416 e. The van der Waals surface area contributed by atoms with Gasteiger partial charge >= 0.3 is 6.18 Å². The van der Waals surface area contributed by atoms with E-state index in [0.717, 1.165) is 36.3 Å². The van der Waals surface area contributed by atoms with E-state index >= 15 is 0 Å². The molecule has 0 radical (unpaired) electrons. The van der Waals surface area contributed by atoms with Crippen LogP contribution in [0.1, 0.15) is 34.8 Å². The minimum absolute atomic E-state index is 0.0311. The predicted molar refractivity (Wildman–Crippen MR) is 134 cm³/mol. The van der Waals surface area contributed by atoms with Crippen LogP contribution in [-0.4, -0.2) is 39.3 Å². The summed E-state index contributed by atoms with van der Waals surface area (Å²) < 4.78 is 67.9. The average molecular weight is 533 g/mol. The lowest BCUT2D eigenvalue weighted by Crippen LogP contribution is -2.25. The van der Waals surface area contributed by atoms with Crippen molar-refractivity contribution in [1.29, 1.82) is 0 Å². The molecule has 4 rings (SSSR count). The van der Waals surface area contributed by atoms with E-state index in [1.165, 1.54) is 12.1 Å². The summed E-state index contributed by atoms with van der Waals surface area (Å²) in [7, 11) is -3.26. The fourth-order valence-electron chi connectivity index (χ4n) is 4.06. The number of amides is 1. The summed E-state index contributed by atoms with van der Waals surface area (Å²) in [6, 6.07) is 18.3. The topological polar surface area (TPSA) is 75.7 Å². The van der Waals surface area contributed by atoms with Crippen LogP contribution in [0, 0.1) is 0 Å². The van der Waals surface area contributed by atoms with E-state index < -0.39 is 21.6 Å². The molecule has 1 fully saturated rings. The highest BCUT2D eigenvalue weighted by Crippen LogP contribution is 2.31. The first-order valence-corrected chi connectivity index (χ1v) is 13.5. The lowest BCUT2D eigenvalue weighted by atomic mass is 10.1. The van der Waals surface area contributed by atoms with Crippen molar-refractivity contribution in [3.05, 3.63) is 89.5 Å². The number of sulfone groups is 1. The Hall–Kier alpha value is -3.53. The van der Waals surface area contributed by atoms with Crippen molar-refractivity contribution in [2.75, 3.05) is 23.7 Å². The van der Waals surface area contributed by atoms with Crippen LogP contribution in [0.15, 0.2) is 77.7 Å². The smallest absolute Gasteiger partial charge is 0.416 e. The van der Waals surface area contributed by atoms with Gasteiger partial charge in [0.1, 0.15) is 11.9 Å². The normalized spacial score (nSPS) is 16.0. The molecule has 0 unspecified atom stereocenters. The van der Waals surface area contributed by atoms with Gasteiger partial charge in [-0.05, 0) is 66.2 Å². The van der Waals surface area contributed by atoms with Crippen molar-refractivity contribution in [2.45, 2.75) is 37.1 Å². The molecule has 196 valence electrons. The quantitative estimate of drug-likeness (QED) is 0.438. The molecule has 0 saturated carbocycles. The zero-order valence-corrected chi connectivity index (χ0v) is 21.0. The van der Waals surface area contributed by atoms with E-state index in [1.54, 1.807) is 43.3 Å². The van der Waals surface area contributed by atoms with Gasteiger partial charge in [0, 0.05) is 30.8 Å². The molecule has 1 aliphatic rings. The maximum atomic E-state index is 12.7. The third-order valence-electron chi connectivity index (χ3n) is 6.24. The Labute approximate surface area is 214 Å². The number of ether oxygens (including phenoxy) is 1. The average Bonchev–Trinajstić information content (AvgIpc) is 3.36. The SMILES string of the molecule is CCS(=O)(=O)c1ccc(CNC(=O)c2ccc(N3CC[C@@H](Oc4ccc(C(F)(F)F)cc4)C3)cc2)cc1. The van der Waals surface area contributed by atoms with Gasteiger partial charge < -0.3 is 15.0 Å². The number of rotatable bonds is 8. The standard InChI is InChI=1S/C27H27F3N2O4S/c1-2-37(34,35)25-13-3-19(4-14-25)17-31-26(33)20-5-9-22(10-6-20)32-16-15-24(18-32)36-23-11-7-21(8-12-23)27(28,29)30/h3-14,24H,2,15-18H2,1H3,(H,31,33)/t24-/m1/s1. The highest BCUT2D eigenvalue weighted by atomic mass is 32.2. The number of alkyl halides is 3. The Balaban J connectivity index is 1.28. The highest BCUT2D eigenvalue weighted by Gasteiger charge is 2.30. The zero-order valence-electron chi connectivity index (χ0n) is 20.2. The summed E-state index contributed by atoms with van der Waals surface area (Å²) in [5, 5.41) is 2.83. The van der Waals surface area contributed by atoms with Crippen LogP contribution in [0.25, 0.3) is 0 Å². The molecule has 10 heteroatoms. The molecule has 1 saturated heterocycles. The lowest BCUT2D eigenvalue weighted by molar-refractivity contribution is -0.137. The minimum Gasteiger partial charge on any atom is -0.489 e. The Kier molecular flexibility index (Phi) is 7.77. The van der Waals surface area contributed by atoms with Crippen LogP contribution in [0.3, 0.4) is 0 Å². The number of hydrogen-bond donors (Lipinski definition) is 1. The molecule has 0 spiro atoms. The van der Waals surface area contributed by atoms with Crippen LogP contribution in [0.5, 0.6) is 5.75 Å². The molecule has 1 heterocycles. The summed E-state index contributed by atoms with van der Waals surface area (Å²) in [6.07, 6.45) is -3.81. The summed E-state index contributed by atoms with van der Waals surface area (Å²) >= 11 is 0. The van der Waals surface area contributed by atoms with Crippen molar-refractivity contribution in [1.82, 2.24) is 5.32 Å². The maximum absolute atomic E-state index is 12.7. The van der Waals surface area contributed by atoms with Gasteiger partial charge in [-0.2, -0.15) is 13.2 Å². The summed E-state index contributed by atoms with van der Waals surface area (Å²) in [5.74, 6) is 0.179. The number of anilines is 1. The van der Waals surface area contributed by atoms with Crippen molar-refractivity contribution in [3.8, 4) is 5.75 Å². The van der Waals surface area contributed by atoms with E-state index in [-0.39, 0.29) is 29.2 Å². The first-order chi connectivity index (χ1) is 17.5. The monoisotopic (exact) mass is 532 g/mol. The van der Waals surface area contributed by atoms with Gasteiger partial charge in [0.05, 0.1) is 22.8 Å². The molecule has 37 heavy (non-hydrogen) atoms. The number of carbonyl (C=O) groups excluding carboxylic acids is 1. The summed E-state index contributed by atoms with van der Waals surface area (Å²) in [4.78, 5) is 14.9. The molecular formula is C27H27F3N2O4S. The van der Waals surface area contributed by atoms with Gasteiger partial charge in [-0.15, -0.1) is 0 Å². The Bertz CT molecular complexity index is 1320. The molecule has 1 N–H and O–H groups in total. The fraction of sp³-hybridized carbons (Fsp3) is 0.296. The van der Waals surface area contributed by atoms with Crippen molar-refractivity contribution in [3.63, 3.8) is 0 Å². The van der Waals surface area contributed by atoms with E-state index in [9.17, 15) is 26.4 Å². The molecule has 6 nitrogen and oxygen atoms in total. The molecule has 0 aliphatic carbocycles. The first-order valence-electron chi connectivity index (χ1n) is 11.8. The first kappa shape index (κ1) is 26.5. The van der Waals surface area contributed by atoms with E-state index in [1.807, 2.05) is 12.1 Å². The molecule has 3 aromatic carbocycles. The van der Waals surface area contributed by atoms with Crippen molar-refractivity contribution in [2.24, 2.45) is 0 Å². The van der Waals surface area contributed by atoms with Gasteiger partial charge in [0.25, 0.3) is 5.91 Å². The zero-order chi connectivity index (χ0) is 26.6. The number of nitrogens with zero attached hydrogens (tertiary/aromatic N) is 1. The molecule has 1 amide bonds. The van der Waals surface area contributed by atoms with Crippen molar-refractivity contribution < 1.29 is 31.1 Å². The Morgan fingerprint density at radius 1 is 1.00 bits per heavy atom. The number of carbonyl (C=O) groups is 1. The van der Waals surface area contributed by atoms with Gasteiger partial charge in [-0.1, -0.05) is 19.1 Å². The van der Waals surface area contributed by atoms with E-state index in [2.05, 4.69) is 10.2 Å². The number of hydrogen-bond acceptors (Lipinski definition) is 5. The van der Waals surface area contributed by atoms with E-state index in [0.29, 0.717) is 17.9 Å². The van der Waals surface area contributed by atoms with Gasteiger partial charge in [0.15, 0.2) is 9.84 Å². The van der Waals surface area contributed by atoms with Crippen LogP contribution in [-0.2, 0) is 22.6 Å². The lowest BCUT2D eigenvalue weighted by Gasteiger charge is -2.19. The predicted octanol–water partition coefficient (Wildman–Crippen LogP) is 5.09. The Morgan fingerprint density at radius 2 is 1.65 bits per heavy atom. The Morgan fingerprint density at radius 3 is 2.24 bits per heavy atom. The van der Waals surface area contributed by atoms with Crippen LogP contribution >= 0.6 is 0 Å². The second kappa shape index (κ2) is 10.8. The number of benzene rings is 3. The highest BCUT2D eigenvalue weighted by molar-refractivity contribution is 7.91. The second-order valence-corrected chi connectivity index (χ2v) is 11.1. The van der Waals surface area contributed by atoms with Crippen LogP contribution in [0.2, 0.25) is 0 Å². The molecule has 0 aromatic heterocycles. The molecule has 0 bridgehead atoms. The molecular weight excluding hydrogens is 505 g/mol. The third-order valence-corrected chi connectivity index (χ3v) is 7.99. The van der Waals surface area contributed by atoms with Gasteiger partial charge in [-0.25, -0.2) is 8.42 Å². The van der Waals surface area contributed by atoms with Crippen molar-refractivity contribution >= 4 is 21.4 Å². The summed E-state index contributed by atoms with van der Waals surface area (Å²) in [6.45, 7) is 3.16. The fourth-order valence-corrected chi connectivity index (χ4v) is 4.95. The number of halogens is 3. The second-order valence-electron chi connectivity index (χ2n) is 8.77. The largest absolute Gasteiger partial charge is 0.489 e. The van der Waals surface area contributed by atoms with Gasteiger partial charge in [-0.3, -0.25) is 4.79 Å². The minimum atomic E-state index is -4.38. The third kappa shape index (κ3) is 6.62. The van der Waals surface area contributed by atoms with Crippen LogP contribution in [0.4, 0.5) is 18.9 Å². The van der Waals surface area contributed by atoms with E-state index in [4.69, 9.17) is 4.74 Å². The molecule has 1 atom stereocenters. The van der Waals surface area contributed by atoms with Crippen LogP contribution < -0.4 is 15.0 Å². The number of nitrogens with one attached hydrogen (secondary N) is 1.